The van der Waals surface area contributed by atoms with Crippen LogP contribution >= 0.6 is 11.6 Å². The summed E-state index contributed by atoms with van der Waals surface area (Å²) in [5, 5.41) is 0.00320. The van der Waals surface area contributed by atoms with Crippen molar-refractivity contribution in [2.75, 3.05) is 7.11 Å². The molecule has 116 valence electrons. The van der Waals surface area contributed by atoms with Crippen LogP contribution in [-0.2, 0) is 4.74 Å². The van der Waals surface area contributed by atoms with E-state index in [-0.39, 0.29) is 16.3 Å². The van der Waals surface area contributed by atoms with Crippen LogP contribution in [0.3, 0.4) is 0 Å². The molecule has 0 saturated heterocycles. The Morgan fingerprint density at radius 2 is 1.91 bits per heavy atom. The number of alkyl halides is 3. The van der Waals surface area contributed by atoms with E-state index in [0.717, 1.165) is 10.6 Å². The van der Waals surface area contributed by atoms with Crippen LogP contribution in [0.1, 0.15) is 20.8 Å². The maximum atomic E-state index is 12.6. The molecule has 1 aromatic heterocycles. The van der Waals surface area contributed by atoms with Crippen molar-refractivity contribution in [2.24, 2.45) is 0 Å². The zero-order valence-electron chi connectivity index (χ0n) is 11.1. The molecule has 0 spiro atoms. The van der Waals surface area contributed by atoms with E-state index in [1.807, 2.05) is 0 Å². The number of benzene rings is 1. The topological polar surface area (TPSA) is 48.3 Å². The van der Waals surface area contributed by atoms with E-state index >= 15 is 0 Å². The summed E-state index contributed by atoms with van der Waals surface area (Å²) in [4.78, 5) is 22.8. The average molecular weight is 332 g/mol. The molecule has 22 heavy (non-hydrogen) atoms. The molecule has 4 nitrogen and oxygen atoms in total. The third-order valence-corrected chi connectivity index (χ3v) is 3.19. The van der Waals surface area contributed by atoms with E-state index < -0.39 is 23.6 Å². The Hall–Kier alpha value is -2.28. The normalized spacial score (nSPS) is 11.3. The molecule has 0 atom stereocenters. The standard InChI is InChI=1S/C14H9ClF3NO3/c1-22-13(21)9-5-4-8(7-10(9)15)19-6-2-3-11(19)12(20)14(16,17)18/h2-7H,1H3. The Morgan fingerprint density at radius 3 is 2.45 bits per heavy atom. The van der Waals surface area contributed by atoms with Gasteiger partial charge >= 0.3 is 12.1 Å². The van der Waals surface area contributed by atoms with Gasteiger partial charge in [0.1, 0.15) is 0 Å². The molecule has 0 aliphatic carbocycles. The number of nitrogens with zero attached hydrogens (tertiary/aromatic N) is 1. The van der Waals surface area contributed by atoms with Crippen LogP contribution in [0.15, 0.2) is 36.5 Å². The number of halogens is 4. The van der Waals surface area contributed by atoms with Gasteiger partial charge in [0.15, 0.2) is 0 Å². The summed E-state index contributed by atoms with van der Waals surface area (Å²) in [6.45, 7) is 0. The molecule has 1 aromatic carbocycles. The molecule has 0 radical (unpaired) electrons. The Kier molecular flexibility index (Phi) is 4.27. The Labute approximate surface area is 128 Å². The van der Waals surface area contributed by atoms with Crippen molar-refractivity contribution < 1.29 is 27.5 Å². The second-order valence-electron chi connectivity index (χ2n) is 4.25. The maximum Gasteiger partial charge on any atom is 0.456 e. The van der Waals surface area contributed by atoms with Crippen LogP contribution < -0.4 is 0 Å². The van der Waals surface area contributed by atoms with E-state index in [0.29, 0.717) is 0 Å². The molecule has 0 saturated carbocycles. The molecule has 0 aliphatic heterocycles. The summed E-state index contributed by atoms with van der Waals surface area (Å²) >= 11 is 5.92. The number of ether oxygens (including phenoxy) is 1. The van der Waals surface area contributed by atoms with Crippen molar-refractivity contribution in [3.8, 4) is 5.69 Å². The predicted molar refractivity (Wildman–Crippen MR) is 72.5 cm³/mol. The van der Waals surface area contributed by atoms with Crippen LogP contribution in [0.4, 0.5) is 13.2 Å². The molecule has 0 fully saturated rings. The monoisotopic (exact) mass is 331 g/mol. The number of Topliss-reactive ketones (excluding diaryl/α,β-unsaturated/α-hetero) is 1. The maximum absolute atomic E-state index is 12.6. The van der Waals surface area contributed by atoms with Gasteiger partial charge in [-0.25, -0.2) is 4.79 Å². The lowest BCUT2D eigenvalue weighted by Crippen LogP contribution is -2.25. The minimum Gasteiger partial charge on any atom is -0.465 e. The summed E-state index contributed by atoms with van der Waals surface area (Å²) < 4.78 is 43.2. The van der Waals surface area contributed by atoms with Crippen LogP contribution in [0.2, 0.25) is 5.02 Å². The highest BCUT2D eigenvalue weighted by atomic mass is 35.5. The lowest BCUT2D eigenvalue weighted by molar-refractivity contribution is -0.0889. The third kappa shape index (κ3) is 2.99. The molecule has 2 rings (SSSR count). The highest BCUT2D eigenvalue weighted by molar-refractivity contribution is 6.33. The lowest BCUT2D eigenvalue weighted by atomic mass is 10.2. The minimum absolute atomic E-state index is 0.00320. The number of hydrogen-bond acceptors (Lipinski definition) is 3. The first kappa shape index (κ1) is 16.1. The highest BCUT2D eigenvalue weighted by Gasteiger charge is 2.40. The van der Waals surface area contributed by atoms with E-state index in [2.05, 4.69) is 4.74 Å². The fourth-order valence-corrected chi connectivity index (χ4v) is 2.12. The van der Waals surface area contributed by atoms with Gasteiger partial charge in [-0.05, 0) is 30.3 Å². The number of ketones is 1. The van der Waals surface area contributed by atoms with E-state index in [1.54, 1.807) is 0 Å². The zero-order valence-corrected chi connectivity index (χ0v) is 11.9. The molecule has 8 heteroatoms. The largest absolute Gasteiger partial charge is 0.465 e. The van der Waals surface area contributed by atoms with Crippen LogP contribution in [0.25, 0.3) is 5.69 Å². The molecular weight excluding hydrogens is 323 g/mol. The van der Waals surface area contributed by atoms with Crippen molar-refractivity contribution in [2.45, 2.75) is 6.18 Å². The fraction of sp³-hybridized carbons (Fsp3) is 0.143. The first-order valence-corrected chi connectivity index (χ1v) is 6.30. The lowest BCUT2D eigenvalue weighted by Gasteiger charge is -2.11. The van der Waals surface area contributed by atoms with E-state index in [9.17, 15) is 22.8 Å². The molecule has 2 aromatic rings. The molecule has 0 aliphatic rings. The van der Waals surface area contributed by atoms with Gasteiger partial charge in [-0.15, -0.1) is 0 Å². The third-order valence-electron chi connectivity index (χ3n) is 2.88. The van der Waals surface area contributed by atoms with Gasteiger partial charge < -0.3 is 9.30 Å². The van der Waals surface area contributed by atoms with Crippen molar-refractivity contribution >= 4 is 23.4 Å². The van der Waals surface area contributed by atoms with Gasteiger partial charge in [-0.3, -0.25) is 4.79 Å². The molecular formula is C14H9ClF3NO3. The van der Waals surface area contributed by atoms with Crippen LogP contribution in [0.5, 0.6) is 0 Å². The number of rotatable bonds is 3. The molecule has 0 amide bonds. The number of methoxy groups -OCH3 is 1. The van der Waals surface area contributed by atoms with Crippen molar-refractivity contribution in [3.05, 3.63) is 52.8 Å². The number of carbonyl (C=O) groups excluding carboxylic acids is 2. The van der Waals surface area contributed by atoms with Gasteiger partial charge in [0.25, 0.3) is 5.78 Å². The summed E-state index contributed by atoms with van der Waals surface area (Å²) in [7, 11) is 1.18. The van der Waals surface area contributed by atoms with Gasteiger partial charge in [0, 0.05) is 11.9 Å². The van der Waals surface area contributed by atoms with Crippen LogP contribution in [0, 0.1) is 0 Å². The van der Waals surface area contributed by atoms with Gasteiger partial charge in [0.05, 0.1) is 23.4 Å². The van der Waals surface area contributed by atoms with Crippen LogP contribution in [-0.4, -0.2) is 29.6 Å². The molecule has 0 bridgehead atoms. The van der Waals surface area contributed by atoms with E-state index in [4.69, 9.17) is 11.6 Å². The molecule has 1 heterocycles. The highest BCUT2D eigenvalue weighted by Crippen LogP contribution is 2.26. The first-order chi connectivity index (χ1) is 10.3. The summed E-state index contributed by atoms with van der Waals surface area (Å²) in [6, 6.07) is 6.32. The Balaban J connectivity index is 2.47. The minimum atomic E-state index is -4.98. The molecule has 0 N–H and O–H groups in total. The first-order valence-electron chi connectivity index (χ1n) is 5.93. The Morgan fingerprint density at radius 1 is 1.23 bits per heavy atom. The number of hydrogen-bond donors (Lipinski definition) is 0. The number of esters is 1. The van der Waals surface area contributed by atoms with Crippen molar-refractivity contribution in [3.63, 3.8) is 0 Å². The number of carbonyl (C=O) groups is 2. The fourth-order valence-electron chi connectivity index (χ4n) is 1.87. The van der Waals surface area contributed by atoms with Gasteiger partial charge in [-0.2, -0.15) is 13.2 Å². The zero-order chi connectivity index (χ0) is 16.5. The van der Waals surface area contributed by atoms with Crippen molar-refractivity contribution in [1.82, 2.24) is 4.57 Å². The second-order valence-corrected chi connectivity index (χ2v) is 4.65. The smallest absolute Gasteiger partial charge is 0.456 e. The number of aromatic nitrogens is 1. The Bertz CT molecular complexity index is 737. The summed E-state index contributed by atoms with van der Waals surface area (Å²) in [5.74, 6) is -2.64. The quantitative estimate of drug-likeness (QED) is 0.637. The SMILES string of the molecule is COC(=O)c1ccc(-n2cccc2C(=O)C(F)(F)F)cc1Cl. The van der Waals surface area contributed by atoms with E-state index in [1.165, 1.54) is 37.6 Å². The average Bonchev–Trinajstić information content (AvgIpc) is 2.93. The van der Waals surface area contributed by atoms with Gasteiger partial charge in [-0.1, -0.05) is 11.6 Å². The second kappa shape index (κ2) is 5.84. The van der Waals surface area contributed by atoms with Crippen molar-refractivity contribution in [1.29, 1.82) is 0 Å². The predicted octanol–water partition coefficient (Wildman–Crippen LogP) is 3.66. The molecule has 0 unspecified atom stereocenters. The summed E-state index contributed by atoms with van der Waals surface area (Å²) in [5.41, 5.74) is -0.256. The van der Waals surface area contributed by atoms with Gasteiger partial charge in [0.2, 0.25) is 0 Å². The summed E-state index contributed by atoms with van der Waals surface area (Å²) in [6.07, 6.45) is -3.69.